The van der Waals surface area contributed by atoms with Crippen LogP contribution in [0.5, 0.6) is 0 Å². The number of hydrogen-bond acceptors (Lipinski definition) is 5. The Morgan fingerprint density at radius 3 is 2.60 bits per heavy atom. The lowest BCUT2D eigenvalue weighted by molar-refractivity contribution is 0.0374. The Morgan fingerprint density at radius 1 is 1.10 bits per heavy atom. The predicted octanol–water partition coefficient (Wildman–Crippen LogP) is 2.56. The highest BCUT2D eigenvalue weighted by molar-refractivity contribution is 7.92. The van der Waals surface area contributed by atoms with Crippen molar-refractivity contribution < 1.29 is 17.9 Å². The molecule has 30 heavy (non-hydrogen) atoms. The SMILES string of the molecule is Cc1cccc(NS(=O)(=O)c2cc(C(=O)NCCCN3CCOCC3)ccc2C)c1. The summed E-state index contributed by atoms with van der Waals surface area (Å²) in [5, 5.41) is 2.88. The van der Waals surface area contributed by atoms with Gasteiger partial charge in [0, 0.05) is 30.9 Å². The van der Waals surface area contributed by atoms with E-state index in [4.69, 9.17) is 4.74 Å². The molecule has 0 atom stereocenters. The third-order valence-electron chi connectivity index (χ3n) is 5.05. The molecule has 1 amide bonds. The van der Waals surface area contributed by atoms with Gasteiger partial charge in [-0.15, -0.1) is 0 Å². The van der Waals surface area contributed by atoms with E-state index >= 15 is 0 Å². The summed E-state index contributed by atoms with van der Waals surface area (Å²) < 4.78 is 33.7. The maximum Gasteiger partial charge on any atom is 0.262 e. The quantitative estimate of drug-likeness (QED) is 0.627. The van der Waals surface area contributed by atoms with Crippen LogP contribution in [0.2, 0.25) is 0 Å². The van der Waals surface area contributed by atoms with Crippen LogP contribution in [0.25, 0.3) is 0 Å². The summed E-state index contributed by atoms with van der Waals surface area (Å²) in [6, 6.07) is 11.9. The van der Waals surface area contributed by atoms with Gasteiger partial charge in [0.2, 0.25) is 0 Å². The highest BCUT2D eigenvalue weighted by atomic mass is 32.2. The molecule has 1 heterocycles. The average molecular weight is 432 g/mol. The fraction of sp³-hybridized carbons (Fsp3) is 0.409. The van der Waals surface area contributed by atoms with E-state index in [0.717, 1.165) is 44.8 Å². The van der Waals surface area contributed by atoms with Gasteiger partial charge in [0.1, 0.15) is 0 Å². The van der Waals surface area contributed by atoms with Crippen LogP contribution in [0.1, 0.15) is 27.9 Å². The molecule has 0 aromatic heterocycles. The van der Waals surface area contributed by atoms with Crippen molar-refractivity contribution in [2.75, 3.05) is 44.1 Å². The molecule has 0 bridgehead atoms. The molecule has 2 N–H and O–H groups in total. The zero-order valence-corrected chi connectivity index (χ0v) is 18.3. The van der Waals surface area contributed by atoms with Crippen LogP contribution < -0.4 is 10.0 Å². The molecule has 0 spiro atoms. The van der Waals surface area contributed by atoms with Crippen molar-refractivity contribution in [1.29, 1.82) is 0 Å². The molecule has 1 aliphatic heterocycles. The first-order valence-electron chi connectivity index (χ1n) is 10.1. The molecule has 3 rings (SSSR count). The first kappa shape index (κ1) is 22.3. The van der Waals surface area contributed by atoms with E-state index in [1.807, 2.05) is 13.0 Å². The topological polar surface area (TPSA) is 87.7 Å². The minimum absolute atomic E-state index is 0.102. The molecular weight excluding hydrogens is 402 g/mol. The fourth-order valence-corrected chi connectivity index (χ4v) is 4.70. The van der Waals surface area contributed by atoms with Gasteiger partial charge in [-0.25, -0.2) is 8.42 Å². The molecule has 2 aromatic carbocycles. The van der Waals surface area contributed by atoms with E-state index in [0.29, 0.717) is 23.4 Å². The van der Waals surface area contributed by atoms with Crippen LogP contribution in [0.4, 0.5) is 5.69 Å². The Kier molecular flexibility index (Phi) is 7.47. The minimum atomic E-state index is -3.80. The second-order valence-electron chi connectivity index (χ2n) is 7.52. The number of rotatable bonds is 8. The monoisotopic (exact) mass is 431 g/mol. The van der Waals surface area contributed by atoms with Crippen LogP contribution >= 0.6 is 0 Å². The Balaban J connectivity index is 1.62. The summed E-state index contributed by atoms with van der Waals surface area (Å²) in [6.45, 7) is 8.39. The fourth-order valence-electron chi connectivity index (χ4n) is 3.38. The highest BCUT2D eigenvalue weighted by Gasteiger charge is 2.19. The number of hydrogen-bond donors (Lipinski definition) is 2. The van der Waals surface area contributed by atoms with Crippen molar-refractivity contribution in [3.8, 4) is 0 Å². The largest absolute Gasteiger partial charge is 0.379 e. The number of carbonyl (C=O) groups excluding carboxylic acids is 1. The summed E-state index contributed by atoms with van der Waals surface area (Å²) in [6.07, 6.45) is 0.831. The van der Waals surface area contributed by atoms with E-state index in [1.165, 1.54) is 6.07 Å². The predicted molar refractivity (Wildman–Crippen MR) is 117 cm³/mol. The average Bonchev–Trinajstić information content (AvgIpc) is 2.71. The lowest BCUT2D eigenvalue weighted by atomic mass is 10.1. The van der Waals surface area contributed by atoms with Gasteiger partial charge in [-0.3, -0.25) is 14.4 Å². The molecular formula is C22H29N3O4S. The standard InChI is InChI=1S/C22H29N3O4S/c1-17-5-3-6-20(15-17)24-30(27,28)21-16-19(8-7-18(21)2)22(26)23-9-4-10-25-11-13-29-14-12-25/h3,5-8,15-16,24H,4,9-14H2,1-2H3,(H,23,26). The molecule has 162 valence electrons. The van der Waals surface area contributed by atoms with E-state index in [2.05, 4.69) is 14.9 Å². The van der Waals surface area contributed by atoms with Crippen molar-refractivity contribution in [2.24, 2.45) is 0 Å². The minimum Gasteiger partial charge on any atom is -0.379 e. The highest BCUT2D eigenvalue weighted by Crippen LogP contribution is 2.21. The van der Waals surface area contributed by atoms with Gasteiger partial charge < -0.3 is 10.1 Å². The molecule has 0 radical (unpaired) electrons. The van der Waals surface area contributed by atoms with Gasteiger partial charge in [-0.1, -0.05) is 18.2 Å². The molecule has 7 nitrogen and oxygen atoms in total. The number of carbonyl (C=O) groups is 1. The third-order valence-corrected chi connectivity index (χ3v) is 6.57. The van der Waals surface area contributed by atoms with Crippen molar-refractivity contribution in [3.63, 3.8) is 0 Å². The molecule has 0 unspecified atom stereocenters. The smallest absolute Gasteiger partial charge is 0.262 e. The summed E-state index contributed by atoms with van der Waals surface area (Å²) in [5.41, 5.74) is 2.36. The Morgan fingerprint density at radius 2 is 1.87 bits per heavy atom. The van der Waals surface area contributed by atoms with Crippen molar-refractivity contribution >= 4 is 21.6 Å². The Bertz CT molecular complexity index is 986. The summed E-state index contributed by atoms with van der Waals surface area (Å²) in [4.78, 5) is 14.9. The third kappa shape index (κ3) is 6.04. The number of morpholine rings is 1. The van der Waals surface area contributed by atoms with Gasteiger partial charge in [-0.05, 0) is 62.2 Å². The van der Waals surface area contributed by atoms with Crippen LogP contribution in [0, 0.1) is 13.8 Å². The van der Waals surface area contributed by atoms with Crippen molar-refractivity contribution in [2.45, 2.75) is 25.2 Å². The summed E-state index contributed by atoms with van der Waals surface area (Å²) >= 11 is 0. The lowest BCUT2D eigenvalue weighted by Crippen LogP contribution is -2.38. The second-order valence-corrected chi connectivity index (χ2v) is 9.17. The van der Waals surface area contributed by atoms with E-state index in [-0.39, 0.29) is 10.8 Å². The lowest BCUT2D eigenvalue weighted by Gasteiger charge is -2.26. The molecule has 0 saturated carbocycles. The molecule has 8 heteroatoms. The van der Waals surface area contributed by atoms with Crippen LogP contribution in [-0.4, -0.2) is 58.6 Å². The normalized spacial score (nSPS) is 15.0. The first-order chi connectivity index (χ1) is 14.3. The molecule has 0 aliphatic carbocycles. The molecule has 2 aromatic rings. The van der Waals surface area contributed by atoms with Crippen molar-refractivity contribution in [3.05, 3.63) is 59.2 Å². The summed E-state index contributed by atoms with van der Waals surface area (Å²) in [5.74, 6) is -0.274. The van der Waals surface area contributed by atoms with Gasteiger partial charge in [-0.2, -0.15) is 0 Å². The zero-order valence-electron chi connectivity index (χ0n) is 17.5. The number of ether oxygens (including phenoxy) is 1. The maximum absolute atomic E-state index is 12.9. The maximum atomic E-state index is 12.9. The summed E-state index contributed by atoms with van der Waals surface area (Å²) in [7, 11) is -3.80. The van der Waals surface area contributed by atoms with Crippen LogP contribution in [-0.2, 0) is 14.8 Å². The molecule has 1 saturated heterocycles. The van der Waals surface area contributed by atoms with Crippen LogP contribution in [0.3, 0.4) is 0 Å². The van der Waals surface area contributed by atoms with E-state index in [1.54, 1.807) is 37.3 Å². The van der Waals surface area contributed by atoms with Gasteiger partial charge in [0.25, 0.3) is 15.9 Å². The van der Waals surface area contributed by atoms with Gasteiger partial charge in [0.05, 0.1) is 18.1 Å². The van der Waals surface area contributed by atoms with Crippen molar-refractivity contribution in [1.82, 2.24) is 10.2 Å². The van der Waals surface area contributed by atoms with E-state index < -0.39 is 10.0 Å². The molecule has 1 aliphatic rings. The number of nitrogens with one attached hydrogen (secondary N) is 2. The van der Waals surface area contributed by atoms with Gasteiger partial charge in [0.15, 0.2) is 0 Å². The number of nitrogens with zero attached hydrogens (tertiary/aromatic N) is 1. The number of aryl methyl sites for hydroxylation is 2. The Labute approximate surface area is 178 Å². The number of amides is 1. The second kappa shape index (κ2) is 10.1. The number of anilines is 1. The first-order valence-corrected chi connectivity index (χ1v) is 11.6. The van der Waals surface area contributed by atoms with Crippen LogP contribution in [0.15, 0.2) is 47.4 Å². The van der Waals surface area contributed by atoms with Gasteiger partial charge >= 0.3 is 0 Å². The number of benzene rings is 2. The number of sulfonamides is 1. The Hall–Kier alpha value is -2.42. The molecule has 1 fully saturated rings. The van der Waals surface area contributed by atoms with E-state index in [9.17, 15) is 13.2 Å². The zero-order chi connectivity index (χ0) is 21.6.